The molecule has 0 saturated carbocycles. The molecular weight excluding hydrogens is 504 g/mol. The number of hydrogen-bond acceptors (Lipinski definition) is 12. The topological polar surface area (TPSA) is 150 Å². The Morgan fingerprint density at radius 2 is 1.16 bits per heavy atom. The van der Waals surface area contributed by atoms with Gasteiger partial charge >= 0.3 is 23.9 Å². The molecule has 0 radical (unpaired) electrons. The van der Waals surface area contributed by atoms with Crippen LogP contribution in [0.25, 0.3) is 0 Å². The lowest BCUT2D eigenvalue weighted by Crippen LogP contribution is -2.61. The molecule has 2 fully saturated rings. The van der Waals surface area contributed by atoms with E-state index < -0.39 is 78.6 Å². The third-order valence-electron chi connectivity index (χ3n) is 6.79. The van der Waals surface area contributed by atoms with Gasteiger partial charge in [-0.05, 0) is 13.8 Å². The first-order valence-electron chi connectivity index (χ1n) is 12.8. The Labute approximate surface area is 222 Å². The van der Waals surface area contributed by atoms with E-state index in [9.17, 15) is 24.0 Å². The highest BCUT2D eigenvalue weighted by Crippen LogP contribution is 2.38. The monoisotopic (exact) mass is 544 g/mol. The van der Waals surface area contributed by atoms with E-state index >= 15 is 0 Å². The average molecular weight is 545 g/mol. The second-order valence-corrected chi connectivity index (χ2v) is 10.1. The van der Waals surface area contributed by atoms with Gasteiger partial charge in [0.15, 0.2) is 6.29 Å². The predicted octanol–water partition coefficient (Wildman–Crippen LogP) is 1.74. The van der Waals surface area contributed by atoms with Gasteiger partial charge in [0.1, 0.15) is 49.5 Å². The van der Waals surface area contributed by atoms with Gasteiger partial charge in [0.2, 0.25) is 0 Å². The molecule has 0 bridgehead atoms. The van der Waals surface area contributed by atoms with Crippen molar-refractivity contribution < 1.29 is 57.1 Å². The summed E-state index contributed by atoms with van der Waals surface area (Å²) in [5.41, 5.74) is 0. The molecule has 12 nitrogen and oxygen atoms in total. The van der Waals surface area contributed by atoms with E-state index in [2.05, 4.69) is 0 Å². The second-order valence-electron chi connectivity index (χ2n) is 10.1. The molecule has 216 valence electrons. The zero-order valence-electron chi connectivity index (χ0n) is 23.3. The third-order valence-corrected chi connectivity index (χ3v) is 6.79. The molecule has 4 unspecified atom stereocenters. The van der Waals surface area contributed by atoms with Crippen LogP contribution in [-0.4, -0.2) is 85.8 Å². The maximum atomic E-state index is 12.1. The normalized spacial score (nSPS) is 35.1. The molecule has 0 aromatic heterocycles. The summed E-state index contributed by atoms with van der Waals surface area (Å²) in [6.07, 6.45) is -5.63. The maximum Gasteiger partial charge on any atom is 0.303 e. The van der Waals surface area contributed by atoms with Crippen LogP contribution in [0.4, 0.5) is 0 Å². The van der Waals surface area contributed by atoms with Crippen LogP contribution < -0.4 is 0 Å². The van der Waals surface area contributed by atoms with Crippen molar-refractivity contribution in [2.45, 2.75) is 105 Å². The predicted molar refractivity (Wildman–Crippen MR) is 129 cm³/mol. The number of rotatable bonds is 10. The number of carbonyl (C=O) groups excluding carboxylic acids is 5. The molecular formula is C26H40O12. The van der Waals surface area contributed by atoms with Crippen LogP contribution in [0.15, 0.2) is 0 Å². The molecule has 0 N–H and O–H groups in total. The first-order valence-corrected chi connectivity index (χ1v) is 12.8. The smallest absolute Gasteiger partial charge is 0.303 e. The Hall–Kier alpha value is -2.57. The summed E-state index contributed by atoms with van der Waals surface area (Å²) in [5.74, 6) is -3.65. The van der Waals surface area contributed by atoms with Crippen molar-refractivity contribution in [2.24, 2.45) is 17.8 Å². The van der Waals surface area contributed by atoms with Gasteiger partial charge in [-0.2, -0.15) is 0 Å². The number of Topliss-reactive ketones (excluding diaryl/α,β-unsaturated/α-hetero) is 1. The Morgan fingerprint density at radius 1 is 0.632 bits per heavy atom. The summed E-state index contributed by atoms with van der Waals surface area (Å²) < 4.78 is 40.3. The highest BCUT2D eigenvalue weighted by atomic mass is 16.7. The van der Waals surface area contributed by atoms with Gasteiger partial charge in [0, 0.05) is 51.9 Å². The molecule has 12 heteroatoms. The van der Waals surface area contributed by atoms with Crippen LogP contribution in [0.2, 0.25) is 0 Å². The van der Waals surface area contributed by atoms with E-state index in [1.807, 2.05) is 6.92 Å². The van der Waals surface area contributed by atoms with Crippen LogP contribution in [0, 0.1) is 17.8 Å². The molecule has 0 aliphatic carbocycles. The Bertz CT molecular complexity index is 872. The van der Waals surface area contributed by atoms with Gasteiger partial charge < -0.3 is 38.0 Å². The minimum absolute atomic E-state index is 0.0581. The number of hydrogen-bond donors (Lipinski definition) is 0. The molecule has 0 aromatic rings. The molecule has 2 heterocycles. The maximum absolute atomic E-state index is 12.1. The summed E-state index contributed by atoms with van der Waals surface area (Å²) in [5, 5.41) is 0. The molecule has 2 aliphatic heterocycles. The standard InChI is InChI=1S/C26H40O12/c1-12(27)9-20-15(4)34-22(11-33-17(6)29)25(24(20)36-19(8)31)38-26-14(3)23(35-18(7)30)13(2)21(37-26)10-32-16(5)28/h13-15,20-26H,9-11H2,1-8H3/t13-,14?,15+,20?,21?,22?,23-,24-,25-,26+/m1/s1. The van der Waals surface area contributed by atoms with Gasteiger partial charge in [0.05, 0.1) is 6.10 Å². The van der Waals surface area contributed by atoms with Crippen molar-refractivity contribution in [3.63, 3.8) is 0 Å². The van der Waals surface area contributed by atoms with E-state index in [1.165, 1.54) is 34.6 Å². The van der Waals surface area contributed by atoms with Gasteiger partial charge in [-0.1, -0.05) is 13.8 Å². The van der Waals surface area contributed by atoms with E-state index in [0.717, 1.165) is 0 Å². The zero-order valence-corrected chi connectivity index (χ0v) is 23.3. The average Bonchev–Trinajstić information content (AvgIpc) is 2.79. The van der Waals surface area contributed by atoms with Crippen molar-refractivity contribution >= 4 is 29.7 Å². The van der Waals surface area contributed by atoms with Crippen LogP contribution in [0.1, 0.15) is 61.8 Å². The lowest BCUT2D eigenvalue weighted by molar-refractivity contribution is -0.321. The summed E-state index contributed by atoms with van der Waals surface area (Å²) in [7, 11) is 0. The minimum Gasteiger partial charge on any atom is -0.463 e. The van der Waals surface area contributed by atoms with E-state index in [4.69, 9.17) is 33.2 Å². The molecule has 10 atom stereocenters. The van der Waals surface area contributed by atoms with Crippen molar-refractivity contribution in [3.05, 3.63) is 0 Å². The zero-order chi connectivity index (χ0) is 28.7. The first kappa shape index (κ1) is 31.6. The highest BCUT2D eigenvalue weighted by molar-refractivity contribution is 5.76. The van der Waals surface area contributed by atoms with Gasteiger partial charge in [-0.15, -0.1) is 0 Å². The van der Waals surface area contributed by atoms with E-state index in [1.54, 1.807) is 13.8 Å². The van der Waals surface area contributed by atoms with Crippen LogP contribution in [0.3, 0.4) is 0 Å². The van der Waals surface area contributed by atoms with E-state index in [0.29, 0.717) is 0 Å². The molecule has 2 rings (SSSR count). The highest BCUT2D eigenvalue weighted by Gasteiger charge is 2.52. The number of esters is 4. The largest absolute Gasteiger partial charge is 0.463 e. The number of carbonyl (C=O) groups is 5. The lowest BCUT2D eigenvalue weighted by Gasteiger charge is -2.49. The summed E-state index contributed by atoms with van der Waals surface area (Å²) in [6, 6.07) is 0. The number of ketones is 1. The third kappa shape index (κ3) is 8.74. The van der Waals surface area contributed by atoms with Crippen molar-refractivity contribution in [1.29, 1.82) is 0 Å². The van der Waals surface area contributed by atoms with Crippen LogP contribution >= 0.6 is 0 Å². The van der Waals surface area contributed by atoms with Gasteiger partial charge in [-0.25, -0.2) is 0 Å². The first-order chi connectivity index (χ1) is 17.7. The summed E-state index contributed by atoms with van der Waals surface area (Å²) >= 11 is 0. The fourth-order valence-electron chi connectivity index (χ4n) is 5.01. The van der Waals surface area contributed by atoms with Gasteiger partial charge in [-0.3, -0.25) is 19.2 Å². The molecule has 2 aliphatic rings. The molecule has 0 spiro atoms. The fourth-order valence-corrected chi connectivity index (χ4v) is 5.01. The van der Waals surface area contributed by atoms with Gasteiger partial charge in [0.25, 0.3) is 0 Å². The molecule has 38 heavy (non-hydrogen) atoms. The fraction of sp³-hybridized carbons (Fsp3) is 0.808. The Balaban J connectivity index is 2.45. The minimum atomic E-state index is -1.02. The lowest BCUT2D eigenvalue weighted by atomic mass is 9.83. The number of ether oxygens (including phenoxy) is 7. The van der Waals surface area contributed by atoms with E-state index in [-0.39, 0.29) is 31.3 Å². The quantitative estimate of drug-likeness (QED) is 0.291. The van der Waals surface area contributed by atoms with Crippen molar-refractivity contribution in [3.8, 4) is 0 Å². The summed E-state index contributed by atoms with van der Waals surface area (Å²) in [6.45, 7) is 11.5. The second kappa shape index (κ2) is 14.0. The Morgan fingerprint density at radius 3 is 1.66 bits per heavy atom. The molecule has 2 saturated heterocycles. The molecule has 0 amide bonds. The molecule has 0 aromatic carbocycles. The summed E-state index contributed by atoms with van der Waals surface area (Å²) in [4.78, 5) is 59.1. The van der Waals surface area contributed by atoms with Crippen LogP contribution in [-0.2, 0) is 57.1 Å². The van der Waals surface area contributed by atoms with Crippen LogP contribution in [0.5, 0.6) is 0 Å². The Kier molecular flexibility index (Phi) is 11.7. The SMILES string of the molecule is CC(=O)CC1[C@H](C)OC(COC(C)=O)[C@@H](O[C@@H]2OC(COC(C)=O)[C@@H](C)[C@@H](OC(C)=O)C2C)[C@@H]1OC(C)=O. The van der Waals surface area contributed by atoms with Crippen molar-refractivity contribution in [1.82, 2.24) is 0 Å². The van der Waals surface area contributed by atoms with Crippen molar-refractivity contribution in [2.75, 3.05) is 13.2 Å².